The molecule has 2 aromatic carbocycles. The monoisotopic (exact) mass is 351 g/mol. The minimum Gasteiger partial charge on any atom is -0.489 e. The Kier molecular flexibility index (Phi) is 6.21. The topological polar surface area (TPSA) is 21.3 Å². The van der Waals surface area contributed by atoms with E-state index < -0.39 is 0 Å². The number of hydrogen-bond acceptors (Lipinski definition) is 2. The van der Waals surface area contributed by atoms with Crippen molar-refractivity contribution in [2.24, 2.45) is 0 Å². The molecule has 0 aliphatic carbocycles. The molecule has 21 heavy (non-hydrogen) atoms. The van der Waals surface area contributed by atoms with Crippen LogP contribution in [0.5, 0.6) is 5.75 Å². The summed E-state index contributed by atoms with van der Waals surface area (Å²) in [6, 6.07) is 12.6. The van der Waals surface area contributed by atoms with Crippen LogP contribution in [0.4, 0.5) is 4.39 Å². The van der Waals surface area contributed by atoms with Gasteiger partial charge in [0.15, 0.2) is 0 Å². The second kappa shape index (κ2) is 8.15. The third kappa shape index (κ3) is 4.83. The van der Waals surface area contributed by atoms with Gasteiger partial charge in [-0.2, -0.15) is 0 Å². The molecular weight excluding hydrogens is 333 g/mol. The van der Waals surface area contributed by atoms with Crippen molar-refractivity contribution in [3.63, 3.8) is 0 Å². The molecule has 0 atom stereocenters. The molecule has 0 fully saturated rings. The predicted octanol–water partition coefficient (Wildman–Crippen LogP) is 4.67. The van der Waals surface area contributed by atoms with Gasteiger partial charge in [0.1, 0.15) is 18.2 Å². The smallest absolute Gasteiger partial charge is 0.124 e. The van der Waals surface area contributed by atoms with Crippen molar-refractivity contribution < 1.29 is 9.13 Å². The van der Waals surface area contributed by atoms with Gasteiger partial charge in [-0.3, -0.25) is 0 Å². The Morgan fingerprint density at radius 1 is 1.14 bits per heavy atom. The average Bonchev–Trinajstić information content (AvgIpc) is 2.48. The van der Waals surface area contributed by atoms with Crippen LogP contribution in [-0.2, 0) is 13.2 Å². The van der Waals surface area contributed by atoms with Crippen molar-refractivity contribution in [1.82, 2.24) is 5.32 Å². The van der Waals surface area contributed by atoms with Crippen molar-refractivity contribution in [3.05, 3.63) is 63.9 Å². The van der Waals surface area contributed by atoms with E-state index in [1.165, 1.54) is 12.1 Å². The Balaban J connectivity index is 2.02. The number of rotatable bonds is 7. The molecular formula is C17H19BrFNO. The second-order valence-electron chi connectivity index (χ2n) is 4.81. The molecule has 1 N–H and O–H groups in total. The normalized spacial score (nSPS) is 10.6. The number of hydrogen-bond donors (Lipinski definition) is 1. The summed E-state index contributed by atoms with van der Waals surface area (Å²) in [6.45, 7) is 4.32. The van der Waals surface area contributed by atoms with Gasteiger partial charge >= 0.3 is 0 Å². The molecule has 0 aliphatic rings. The minimum absolute atomic E-state index is 0.255. The van der Waals surface area contributed by atoms with Gasteiger partial charge in [-0.05, 0) is 31.2 Å². The molecule has 0 heterocycles. The van der Waals surface area contributed by atoms with Crippen molar-refractivity contribution in [1.29, 1.82) is 0 Å². The van der Waals surface area contributed by atoms with Gasteiger partial charge in [-0.25, -0.2) is 4.39 Å². The van der Waals surface area contributed by atoms with E-state index in [9.17, 15) is 4.39 Å². The molecule has 4 heteroatoms. The summed E-state index contributed by atoms with van der Waals surface area (Å²) in [7, 11) is 0. The second-order valence-corrected chi connectivity index (χ2v) is 5.66. The van der Waals surface area contributed by atoms with E-state index in [0.717, 1.165) is 40.9 Å². The molecule has 2 nitrogen and oxygen atoms in total. The highest BCUT2D eigenvalue weighted by Crippen LogP contribution is 2.23. The van der Waals surface area contributed by atoms with Crippen LogP contribution in [-0.4, -0.2) is 6.54 Å². The van der Waals surface area contributed by atoms with Gasteiger partial charge in [-0.1, -0.05) is 47.1 Å². The fourth-order valence-electron chi connectivity index (χ4n) is 1.98. The molecule has 0 aromatic heterocycles. The lowest BCUT2D eigenvalue weighted by Crippen LogP contribution is -2.14. The number of halogens is 2. The zero-order chi connectivity index (χ0) is 15.1. The highest BCUT2D eigenvalue weighted by molar-refractivity contribution is 9.10. The molecule has 0 saturated carbocycles. The summed E-state index contributed by atoms with van der Waals surface area (Å²) < 4.78 is 19.7. The van der Waals surface area contributed by atoms with E-state index in [1.807, 2.05) is 18.2 Å². The zero-order valence-corrected chi connectivity index (χ0v) is 13.6. The molecule has 0 spiro atoms. The van der Waals surface area contributed by atoms with E-state index in [2.05, 4.69) is 34.2 Å². The first-order valence-electron chi connectivity index (χ1n) is 7.06. The fraction of sp³-hybridized carbons (Fsp3) is 0.294. The summed E-state index contributed by atoms with van der Waals surface area (Å²) in [4.78, 5) is 0. The van der Waals surface area contributed by atoms with Gasteiger partial charge in [0.2, 0.25) is 0 Å². The van der Waals surface area contributed by atoms with Crippen LogP contribution in [0.3, 0.4) is 0 Å². The van der Waals surface area contributed by atoms with Crippen molar-refractivity contribution in [3.8, 4) is 5.75 Å². The van der Waals surface area contributed by atoms with E-state index in [0.29, 0.717) is 6.61 Å². The molecule has 0 radical (unpaired) electrons. The first kappa shape index (κ1) is 16.0. The van der Waals surface area contributed by atoms with Crippen molar-refractivity contribution >= 4 is 15.9 Å². The maximum Gasteiger partial charge on any atom is 0.124 e. The van der Waals surface area contributed by atoms with Crippen LogP contribution >= 0.6 is 15.9 Å². The predicted molar refractivity (Wildman–Crippen MR) is 86.9 cm³/mol. The summed E-state index contributed by atoms with van der Waals surface area (Å²) in [5, 5.41) is 3.37. The van der Waals surface area contributed by atoms with Gasteiger partial charge in [0.25, 0.3) is 0 Å². The minimum atomic E-state index is -0.255. The summed E-state index contributed by atoms with van der Waals surface area (Å²) in [5.41, 5.74) is 2.05. The first-order chi connectivity index (χ1) is 10.2. The Labute approximate surface area is 133 Å². The molecule has 0 saturated heterocycles. The van der Waals surface area contributed by atoms with Gasteiger partial charge < -0.3 is 10.1 Å². The van der Waals surface area contributed by atoms with Crippen LogP contribution < -0.4 is 10.1 Å². The highest BCUT2D eigenvalue weighted by atomic mass is 79.9. The third-order valence-electron chi connectivity index (χ3n) is 3.11. The summed E-state index contributed by atoms with van der Waals surface area (Å²) in [5.74, 6) is 0.604. The lowest BCUT2D eigenvalue weighted by atomic mass is 10.2. The quantitative estimate of drug-likeness (QED) is 0.732. The third-order valence-corrected chi connectivity index (χ3v) is 3.85. The molecule has 0 aliphatic heterocycles. The number of benzene rings is 2. The van der Waals surface area contributed by atoms with Crippen LogP contribution in [0, 0.1) is 5.82 Å². The Morgan fingerprint density at radius 2 is 1.95 bits per heavy atom. The van der Waals surface area contributed by atoms with Crippen LogP contribution in [0.1, 0.15) is 24.5 Å². The lowest BCUT2D eigenvalue weighted by molar-refractivity contribution is 0.301. The van der Waals surface area contributed by atoms with Crippen LogP contribution in [0.2, 0.25) is 0 Å². The zero-order valence-electron chi connectivity index (χ0n) is 12.0. The average molecular weight is 352 g/mol. The van der Waals surface area contributed by atoms with Gasteiger partial charge in [-0.15, -0.1) is 0 Å². The number of para-hydroxylation sites is 1. The van der Waals surface area contributed by atoms with E-state index in [-0.39, 0.29) is 5.82 Å². The first-order valence-corrected chi connectivity index (χ1v) is 7.85. The van der Waals surface area contributed by atoms with Crippen molar-refractivity contribution in [2.75, 3.05) is 6.54 Å². The molecule has 0 unspecified atom stereocenters. The van der Waals surface area contributed by atoms with Crippen LogP contribution in [0.25, 0.3) is 0 Å². The Morgan fingerprint density at radius 3 is 2.71 bits per heavy atom. The van der Waals surface area contributed by atoms with Gasteiger partial charge in [0, 0.05) is 22.1 Å². The molecule has 2 aromatic rings. The Bertz CT molecular complexity index is 589. The van der Waals surface area contributed by atoms with Crippen molar-refractivity contribution in [2.45, 2.75) is 26.5 Å². The van der Waals surface area contributed by atoms with E-state index >= 15 is 0 Å². The maximum atomic E-state index is 13.1. The van der Waals surface area contributed by atoms with Crippen LogP contribution in [0.15, 0.2) is 46.9 Å². The molecule has 0 amide bonds. The standard InChI is InChI=1S/C17H19BrFNO/c1-2-9-20-11-13-5-3-4-6-17(13)21-12-14-7-8-15(19)10-16(14)18/h3-8,10,20H,2,9,11-12H2,1H3. The SMILES string of the molecule is CCCNCc1ccccc1OCc1ccc(F)cc1Br. The lowest BCUT2D eigenvalue weighted by Gasteiger charge is -2.13. The largest absolute Gasteiger partial charge is 0.489 e. The van der Waals surface area contributed by atoms with E-state index in [1.54, 1.807) is 6.07 Å². The Hall–Kier alpha value is -1.39. The highest BCUT2D eigenvalue weighted by Gasteiger charge is 2.06. The summed E-state index contributed by atoms with van der Waals surface area (Å²) in [6.07, 6.45) is 1.10. The molecule has 0 bridgehead atoms. The molecule has 112 valence electrons. The van der Waals surface area contributed by atoms with Gasteiger partial charge in [0.05, 0.1) is 0 Å². The maximum absolute atomic E-state index is 13.1. The molecule has 2 rings (SSSR count). The number of ether oxygens (including phenoxy) is 1. The fourth-order valence-corrected chi connectivity index (χ4v) is 2.45. The van der Waals surface area contributed by atoms with E-state index in [4.69, 9.17) is 4.74 Å². The number of nitrogens with one attached hydrogen (secondary N) is 1. The summed E-state index contributed by atoms with van der Waals surface area (Å²) >= 11 is 3.36.